The molecule has 4 nitrogen and oxygen atoms in total. The Bertz CT molecular complexity index is 3570. The molecule has 0 aliphatic carbocycles. The minimum Gasteiger partial charge on any atom is -0.308 e. The van der Waals surface area contributed by atoms with E-state index in [9.17, 15) is 0 Å². The fourth-order valence-corrected chi connectivity index (χ4v) is 9.07. The van der Waals surface area contributed by atoms with Crippen LogP contribution in [0.1, 0.15) is 0 Å². The van der Waals surface area contributed by atoms with Gasteiger partial charge in [0.25, 0.3) is 0 Å². The summed E-state index contributed by atoms with van der Waals surface area (Å²) < 4.78 is 2.50. The Labute approximate surface area is 352 Å². The zero-order chi connectivity index (χ0) is 40.3. The largest absolute Gasteiger partial charge is 0.308 e. The van der Waals surface area contributed by atoms with Gasteiger partial charge in [0.2, 0.25) is 0 Å². The molecule has 0 radical (unpaired) electrons. The monoisotopic (exact) mass is 776 g/mol. The lowest BCUT2D eigenvalue weighted by Gasteiger charge is -2.21. The lowest BCUT2D eigenvalue weighted by Crippen LogP contribution is -2.04. The van der Waals surface area contributed by atoms with Crippen molar-refractivity contribution in [2.75, 3.05) is 0 Å². The van der Waals surface area contributed by atoms with Crippen molar-refractivity contribution >= 4 is 54.1 Å². The Morgan fingerprint density at radius 2 is 0.754 bits per heavy atom. The van der Waals surface area contributed by atoms with Crippen LogP contribution in [0.3, 0.4) is 0 Å². The molecule has 0 amide bonds. The van der Waals surface area contributed by atoms with Crippen LogP contribution in [0.25, 0.3) is 116 Å². The highest BCUT2D eigenvalue weighted by Gasteiger charge is 2.24. The maximum atomic E-state index is 5.31. The van der Waals surface area contributed by atoms with E-state index in [1.807, 2.05) is 18.2 Å². The van der Waals surface area contributed by atoms with E-state index in [0.717, 1.165) is 61.1 Å². The van der Waals surface area contributed by atoms with Crippen molar-refractivity contribution in [2.45, 2.75) is 0 Å². The predicted molar refractivity (Wildman–Crippen MR) is 254 cm³/mol. The van der Waals surface area contributed by atoms with Gasteiger partial charge in [-0.05, 0) is 79.8 Å². The van der Waals surface area contributed by atoms with E-state index in [1.54, 1.807) is 0 Å². The Morgan fingerprint density at radius 3 is 1.39 bits per heavy atom. The smallest absolute Gasteiger partial charge is 0.164 e. The second kappa shape index (κ2) is 14.3. The van der Waals surface area contributed by atoms with E-state index in [-0.39, 0.29) is 0 Å². The molecule has 4 heteroatoms. The summed E-state index contributed by atoms with van der Waals surface area (Å²) in [5, 5.41) is 9.64. The summed E-state index contributed by atoms with van der Waals surface area (Å²) in [6, 6.07) is 77.8. The van der Waals surface area contributed by atoms with Gasteiger partial charge in [-0.25, -0.2) is 15.0 Å². The van der Waals surface area contributed by atoms with Gasteiger partial charge in [-0.2, -0.15) is 0 Å². The molecular weight excluding hydrogens is 741 g/mol. The molecule has 284 valence electrons. The molecule has 0 fully saturated rings. The minimum atomic E-state index is 0.608. The van der Waals surface area contributed by atoms with Crippen LogP contribution in [0.5, 0.6) is 0 Å². The van der Waals surface area contributed by atoms with Crippen molar-refractivity contribution in [1.82, 2.24) is 19.5 Å². The highest BCUT2D eigenvalue weighted by Crippen LogP contribution is 2.46. The first-order chi connectivity index (χ1) is 30.2. The Morgan fingerprint density at radius 1 is 0.279 bits per heavy atom. The summed E-state index contributed by atoms with van der Waals surface area (Å²) >= 11 is 0. The van der Waals surface area contributed by atoms with Gasteiger partial charge in [0.15, 0.2) is 17.5 Å². The van der Waals surface area contributed by atoms with Crippen LogP contribution >= 0.6 is 0 Å². The highest BCUT2D eigenvalue weighted by molar-refractivity contribution is 6.23. The SMILES string of the molecule is c1ccc(-c2nc(-c3cc(-c4ccccc4)c(-n4c5cc6ccccc6cc5c5c6ccccc6ccc54)c(-c4ccccc4)c3)nc(-c3ccc4ccccc4c3)n2)cc1. The molecule has 12 rings (SSSR count). The molecule has 12 aromatic rings. The molecule has 2 aromatic heterocycles. The molecule has 0 saturated carbocycles. The van der Waals surface area contributed by atoms with E-state index >= 15 is 0 Å². The molecule has 0 saturated heterocycles. The van der Waals surface area contributed by atoms with Crippen molar-refractivity contribution < 1.29 is 0 Å². The van der Waals surface area contributed by atoms with Crippen molar-refractivity contribution in [3.8, 4) is 62.1 Å². The van der Waals surface area contributed by atoms with E-state index in [4.69, 9.17) is 15.0 Å². The first kappa shape index (κ1) is 34.8. The summed E-state index contributed by atoms with van der Waals surface area (Å²) in [6.45, 7) is 0. The molecule has 0 unspecified atom stereocenters. The van der Waals surface area contributed by atoms with Crippen LogP contribution in [0.4, 0.5) is 0 Å². The van der Waals surface area contributed by atoms with Crippen LogP contribution in [-0.2, 0) is 0 Å². The van der Waals surface area contributed by atoms with Gasteiger partial charge in [-0.15, -0.1) is 0 Å². The van der Waals surface area contributed by atoms with Gasteiger partial charge in [0.1, 0.15) is 0 Å². The van der Waals surface area contributed by atoms with Gasteiger partial charge in [0, 0.05) is 38.6 Å². The van der Waals surface area contributed by atoms with E-state index in [0.29, 0.717) is 17.5 Å². The van der Waals surface area contributed by atoms with Crippen LogP contribution in [0, 0.1) is 0 Å². The first-order valence-electron chi connectivity index (χ1n) is 20.7. The predicted octanol–water partition coefficient (Wildman–Crippen LogP) is 14.8. The normalized spacial score (nSPS) is 11.6. The quantitative estimate of drug-likeness (QED) is 0.169. The van der Waals surface area contributed by atoms with Crippen molar-refractivity contribution in [1.29, 1.82) is 0 Å². The molecular formula is C57H36N4. The van der Waals surface area contributed by atoms with Gasteiger partial charge in [-0.3, -0.25) is 0 Å². The average molecular weight is 777 g/mol. The molecule has 0 atom stereocenters. The molecule has 10 aromatic carbocycles. The van der Waals surface area contributed by atoms with Gasteiger partial charge >= 0.3 is 0 Å². The second-order valence-corrected chi connectivity index (χ2v) is 15.6. The van der Waals surface area contributed by atoms with Crippen LogP contribution < -0.4 is 0 Å². The van der Waals surface area contributed by atoms with E-state index in [1.165, 1.54) is 37.7 Å². The highest BCUT2D eigenvalue weighted by atomic mass is 15.0. The third-order valence-corrected chi connectivity index (χ3v) is 12.0. The Kier molecular flexibility index (Phi) is 8.13. The fourth-order valence-electron chi connectivity index (χ4n) is 9.07. The van der Waals surface area contributed by atoms with Crippen molar-refractivity contribution in [2.24, 2.45) is 0 Å². The molecule has 61 heavy (non-hydrogen) atoms. The first-order valence-corrected chi connectivity index (χ1v) is 20.7. The molecule has 0 aliphatic heterocycles. The molecule has 0 aliphatic rings. The lowest BCUT2D eigenvalue weighted by molar-refractivity contribution is 1.07. The number of fused-ring (bicyclic) bond motifs is 7. The topological polar surface area (TPSA) is 43.6 Å². The van der Waals surface area contributed by atoms with Crippen LogP contribution in [-0.4, -0.2) is 19.5 Å². The number of aromatic nitrogens is 4. The van der Waals surface area contributed by atoms with Gasteiger partial charge in [-0.1, -0.05) is 182 Å². The third-order valence-electron chi connectivity index (χ3n) is 12.0. The lowest BCUT2D eigenvalue weighted by atomic mass is 9.92. The Hall–Kier alpha value is -8.21. The number of hydrogen-bond donors (Lipinski definition) is 0. The third kappa shape index (κ3) is 5.96. The number of nitrogens with zero attached hydrogens (tertiary/aromatic N) is 4. The zero-order valence-corrected chi connectivity index (χ0v) is 33.1. The van der Waals surface area contributed by atoms with Crippen LogP contribution in [0.15, 0.2) is 218 Å². The summed E-state index contributed by atoms with van der Waals surface area (Å²) in [5.74, 6) is 1.86. The number of benzene rings is 10. The Balaban J connectivity index is 1.20. The summed E-state index contributed by atoms with van der Waals surface area (Å²) in [5.41, 5.74) is 10.5. The number of rotatable bonds is 6. The second-order valence-electron chi connectivity index (χ2n) is 15.6. The van der Waals surface area contributed by atoms with Crippen molar-refractivity contribution in [3.05, 3.63) is 218 Å². The maximum absolute atomic E-state index is 5.31. The summed E-state index contributed by atoms with van der Waals surface area (Å²) in [7, 11) is 0. The van der Waals surface area contributed by atoms with E-state index in [2.05, 4.69) is 205 Å². The molecule has 0 spiro atoms. The van der Waals surface area contributed by atoms with Crippen molar-refractivity contribution in [3.63, 3.8) is 0 Å². The number of hydrogen-bond acceptors (Lipinski definition) is 3. The fraction of sp³-hybridized carbons (Fsp3) is 0. The summed E-state index contributed by atoms with van der Waals surface area (Å²) in [6.07, 6.45) is 0. The standard InChI is InChI=1S/C57H36N4/c1-4-17-38(18-5-1)48-34-46(57-59-55(41-22-8-3-9-23-41)58-56(60-57)45-29-28-37-16-10-11-24-42(37)32-45)35-49(39-19-6-2-7-20-39)54(48)61-51-31-30-40-21-14-15-27-47(40)53(51)50-33-43-25-12-13-26-44(43)36-52(50)61/h1-36H. The molecule has 0 N–H and O–H groups in total. The molecule has 0 bridgehead atoms. The van der Waals surface area contributed by atoms with E-state index < -0.39 is 0 Å². The zero-order valence-electron chi connectivity index (χ0n) is 33.1. The van der Waals surface area contributed by atoms with Crippen LogP contribution in [0.2, 0.25) is 0 Å². The minimum absolute atomic E-state index is 0.608. The van der Waals surface area contributed by atoms with Gasteiger partial charge in [0.05, 0.1) is 16.7 Å². The van der Waals surface area contributed by atoms with Gasteiger partial charge < -0.3 is 4.57 Å². The summed E-state index contributed by atoms with van der Waals surface area (Å²) in [4.78, 5) is 15.7. The molecule has 2 heterocycles. The average Bonchev–Trinajstić information content (AvgIpc) is 3.66. The maximum Gasteiger partial charge on any atom is 0.164 e.